The van der Waals surface area contributed by atoms with Crippen LogP contribution >= 0.6 is 0 Å². The summed E-state index contributed by atoms with van der Waals surface area (Å²) in [5.74, 6) is 2.26. The Morgan fingerprint density at radius 3 is 2.63 bits per heavy atom. The van der Waals surface area contributed by atoms with Crippen LogP contribution < -0.4 is 10.1 Å². The predicted molar refractivity (Wildman–Crippen MR) is 103 cm³/mol. The molecule has 1 N–H and O–H groups in total. The molecule has 142 valence electrons. The third kappa shape index (κ3) is 4.00. The van der Waals surface area contributed by atoms with Crippen molar-refractivity contribution in [3.8, 4) is 11.5 Å². The van der Waals surface area contributed by atoms with Crippen LogP contribution in [0.5, 0.6) is 11.5 Å². The van der Waals surface area contributed by atoms with Crippen molar-refractivity contribution in [3.63, 3.8) is 0 Å². The van der Waals surface area contributed by atoms with Crippen molar-refractivity contribution in [2.45, 2.75) is 43.5 Å². The van der Waals surface area contributed by atoms with Gasteiger partial charge >= 0.3 is 0 Å². The first-order chi connectivity index (χ1) is 12.9. The fourth-order valence-electron chi connectivity index (χ4n) is 3.77. The molecule has 5 nitrogen and oxygen atoms in total. The van der Waals surface area contributed by atoms with Gasteiger partial charge in [-0.3, -0.25) is 4.79 Å². The fraction of sp³-hybridized carbons (Fsp3) is 0.381. The van der Waals surface area contributed by atoms with Crippen molar-refractivity contribution in [3.05, 3.63) is 53.6 Å². The summed E-state index contributed by atoms with van der Waals surface area (Å²) in [4.78, 5) is 11.5. The van der Waals surface area contributed by atoms with Crippen LogP contribution in [-0.2, 0) is 21.2 Å². The van der Waals surface area contributed by atoms with E-state index in [0.717, 1.165) is 17.5 Å². The molecule has 1 atom stereocenters. The second-order valence-electron chi connectivity index (χ2n) is 7.41. The number of sulfone groups is 1. The van der Waals surface area contributed by atoms with Gasteiger partial charge in [-0.1, -0.05) is 18.2 Å². The Hall–Kier alpha value is -2.34. The van der Waals surface area contributed by atoms with E-state index in [2.05, 4.69) is 5.32 Å². The molecular weight excluding hydrogens is 362 g/mol. The molecule has 6 heteroatoms. The topological polar surface area (TPSA) is 72.5 Å². The minimum Gasteiger partial charge on any atom is -0.457 e. The second kappa shape index (κ2) is 7.00. The number of fused-ring (bicyclic) bond motifs is 1. The van der Waals surface area contributed by atoms with Gasteiger partial charge in [0.05, 0.1) is 10.6 Å². The van der Waals surface area contributed by atoms with Gasteiger partial charge in [0.1, 0.15) is 11.5 Å². The maximum absolute atomic E-state index is 12.6. The van der Waals surface area contributed by atoms with Crippen LogP contribution in [0, 0.1) is 5.92 Å². The number of rotatable bonds is 5. The van der Waals surface area contributed by atoms with Gasteiger partial charge in [-0.2, -0.15) is 0 Å². The monoisotopic (exact) mass is 385 g/mol. The van der Waals surface area contributed by atoms with Gasteiger partial charge in [0.2, 0.25) is 5.91 Å². The Morgan fingerprint density at radius 1 is 1.11 bits per heavy atom. The van der Waals surface area contributed by atoms with Crippen molar-refractivity contribution in [1.29, 1.82) is 0 Å². The van der Waals surface area contributed by atoms with Crippen LogP contribution in [0.2, 0.25) is 0 Å². The molecular formula is C21H23NO4S. The Bertz CT molecular complexity index is 979. The molecule has 0 aromatic heterocycles. The number of ether oxygens (including phenoxy) is 1. The molecule has 2 aromatic carbocycles. The Kier molecular flexibility index (Phi) is 4.68. The van der Waals surface area contributed by atoms with E-state index in [9.17, 15) is 13.2 Å². The number of carbonyl (C=O) groups excluding carboxylic acids is 1. The normalized spacial score (nSPS) is 20.6. The molecule has 0 bridgehead atoms. The number of nitrogens with one attached hydrogen (secondary N) is 1. The van der Waals surface area contributed by atoms with E-state index in [4.69, 9.17) is 4.74 Å². The highest BCUT2D eigenvalue weighted by Gasteiger charge is 2.39. The van der Waals surface area contributed by atoms with E-state index >= 15 is 0 Å². The molecule has 0 spiro atoms. The van der Waals surface area contributed by atoms with Crippen LogP contribution in [0.4, 0.5) is 0 Å². The van der Waals surface area contributed by atoms with Crippen LogP contribution in [0.15, 0.2) is 47.4 Å². The van der Waals surface area contributed by atoms with Gasteiger partial charge in [0.25, 0.3) is 0 Å². The molecule has 1 fully saturated rings. The Balaban J connectivity index is 1.59. The first kappa shape index (κ1) is 18.0. The number of carbonyl (C=O) groups is 1. The lowest BCUT2D eigenvalue weighted by Gasteiger charge is -2.25. The third-order valence-electron chi connectivity index (χ3n) is 5.28. The van der Waals surface area contributed by atoms with Gasteiger partial charge < -0.3 is 10.1 Å². The molecule has 4 rings (SSSR count). The molecule has 1 amide bonds. The zero-order valence-electron chi connectivity index (χ0n) is 15.3. The predicted octanol–water partition coefficient (Wildman–Crippen LogP) is 3.79. The largest absolute Gasteiger partial charge is 0.457 e. The molecule has 1 heterocycles. The van der Waals surface area contributed by atoms with E-state index in [1.807, 2.05) is 36.4 Å². The quantitative estimate of drug-likeness (QED) is 0.850. The van der Waals surface area contributed by atoms with Crippen molar-refractivity contribution >= 4 is 15.7 Å². The molecule has 1 aliphatic carbocycles. The summed E-state index contributed by atoms with van der Waals surface area (Å²) in [5.41, 5.74) is 1.87. The van der Waals surface area contributed by atoms with Crippen LogP contribution in [0.25, 0.3) is 0 Å². The van der Waals surface area contributed by atoms with Gasteiger partial charge in [-0.15, -0.1) is 0 Å². The van der Waals surface area contributed by atoms with E-state index < -0.39 is 9.84 Å². The first-order valence-corrected chi connectivity index (χ1v) is 11.0. The standard InChI is InChI=1S/C21H23NO4S/c1-14(23)22-13-15-3-2-4-17(11-15)26-18-7-8-20-19(16-5-6-16)9-10-27(24,25)21(20)12-18/h2-4,7-8,11-12,16,19H,5-6,9-10,13H2,1H3,(H,22,23). The summed E-state index contributed by atoms with van der Waals surface area (Å²) >= 11 is 0. The average molecular weight is 385 g/mol. The van der Waals surface area contributed by atoms with Crippen molar-refractivity contribution in [1.82, 2.24) is 5.32 Å². The summed E-state index contributed by atoms with van der Waals surface area (Å²) in [5, 5.41) is 2.75. The van der Waals surface area contributed by atoms with Gasteiger partial charge in [-0.05, 0) is 66.5 Å². The lowest BCUT2D eigenvalue weighted by molar-refractivity contribution is -0.119. The number of hydrogen-bond donors (Lipinski definition) is 1. The molecule has 2 aromatic rings. The zero-order valence-corrected chi connectivity index (χ0v) is 16.1. The van der Waals surface area contributed by atoms with Crippen LogP contribution in [0.1, 0.15) is 43.2 Å². The summed E-state index contributed by atoms with van der Waals surface area (Å²) in [6, 6.07) is 12.9. The minimum atomic E-state index is -3.25. The maximum Gasteiger partial charge on any atom is 0.217 e. The Labute approximate surface area is 159 Å². The highest BCUT2D eigenvalue weighted by atomic mass is 32.2. The summed E-state index contributed by atoms with van der Waals surface area (Å²) in [7, 11) is -3.25. The summed E-state index contributed by atoms with van der Waals surface area (Å²) < 4.78 is 31.1. The number of benzene rings is 2. The van der Waals surface area contributed by atoms with Gasteiger partial charge in [-0.25, -0.2) is 8.42 Å². The molecule has 2 aliphatic rings. The average Bonchev–Trinajstić information content (AvgIpc) is 3.46. The van der Waals surface area contributed by atoms with E-state index in [-0.39, 0.29) is 11.7 Å². The van der Waals surface area contributed by atoms with Gasteiger partial charge in [0.15, 0.2) is 9.84 Å². The second-order valence-corrected chi connectivity index (χ2v) is 9.49. The van der Waals surface area contributed by atoms with E-state index in [1.54, 1.807) is 6.07 Å². The zero-order chi connectivity index (χ0) is 19.0. The Morgan fingerprint density at radius 2 is 1.89 bits per heavy atom. The first-order valence-electron chi connectivity index (χ1n) is 9.30. The lowest BCUT2D eigenvalue weighted by atomic mass is 9.91. The smallest absolute Gasteiger partial charge is 0.217 e. The molecule has 1 aliphatic heterocycles. The molecule has 1 saturated carbocycles. The third-order valence-corrected chi connectivity index (χ3v) is 7.08. The van der Waals surface area contributed by atoms with Crippen molar-refractivity contribution < 1.29 is 17.9 Å². The summed E-state index contributed by atoms with van der Waals surface area (Å²) in [6.07, 6.45) is 3.12. The highest BCUT2D eigenvalue weighted by molar-refractivity contribution is 7.91. The van der Waals surface area contributed by atoms with E-state index in [1.165, 1.54) is 19.8 Å². The molecule has 0 saturated heterocycles. The van der Waals surface area contributed by atoms with Crippen molar-refractivity contribution in [2.75, 3.05) is 5.75 Å². The van der Waals surface area contributed by atoms with E-state index in [0.29, 0.717) is 34.8 Å². The summed E-state index contributed by atoms with van der Waals surface area (Å²) in [6.45, 7) is 1.90. The number of hydrogen-bond acceptors (Lipinski definition) is 4. The minimum absolute atomic E-state index is 0.0913. The van der Waals surface area contributed by atoms with Crippen LogP contribution in [0.3, 0.4) is 0 Å². The van der Waals surface area contributed by atoms with Crippen LogP contribution in [-0.4, -0.2) is 20.1 Å². The maximum atomic E-state index is 12.6. The van der Waals surface area contributed by atoms with Gasteiger partial charge in [0, 0.05) is 13.5 Å². The van der Waals surface area contributed by atoms with Crippen molar-refractivity contribution in [2.24, 2.45) is 5.92 Å². The highest BCUT2D eigenvalue weighted by Crippen LogP contribution is 2.49. The lowest BCUT2D eigenvalue weighted by Crippen LogP contribution is -2.21. The fourth-order valence-corrected chi connectivity index (χ4v) is 5.43. The molecule has 0 radical (unpaired) electrons. The molecule has 27 heavy (non-hydrogen) atoms. The number of amides is 1. The SMILES string of the molecule is CC(=O)NCc1cccc(Oc2ccc3c(c2)S(=O)(=O)CCC3C2CC2)c1. The molecule has 1 unspecified atom stereocenters.